The SMILES string of the molecule is CCCCCC(O)c1cc(C)c(Br)c(C)c1. The quantitative estimate of drug-likeness (QED) is 0.779. The van der Waals surface area contributed by atoms with Crippen molar-refractivity contribution in [2.75, 3.05) is 0 Å². The van der Waals surface area contributed by atoms with E-state index in [1.54, 1.807) is 0 Å². The van der Waals surface area contributed by atoms with Crippen LogP contribution in [0.5, 0.6) is 0 Å². The first-order valence-electron chi connectivity index (χ1n) is 6.01. The van der Waals surface area contributed by atoms with Gasteiger partial charge in [-0.05, 0) is 37.0 Å². The van der Waals surface area contributed by atoms with Gasteiger partial charge in [0.2, 0.25) is 0 Å². The molecule has 0 fully saturated rings. The van der Waals surface area contributed by atoms with E-state index in [1.807, 2.05) is 0 Å². The molecule has 1 atom stereocenters. The monoisotopic (exact) mass is 284 g/mol. The summed E-state index contributed by atoms with van der Waals surface area (Å²) in [4.78, 5) is 0. The highest BCUT2D eigenvalue weighted by molar-refractivity contribution is 9.10. The lowest BCUT2D eigenvalue weighted by molar-refractivity contribution is 0.163. The maximum atomic E-state index is 10.1. The third-order valence-electron chi connectivity index (χ3n) is 2.92. The maximum absolute atomic E-state index is 10.1. The third-order valence-corrected chi connectivity index (χ3v) is 4.18. The van der Waals surface area contributed by atoms with E-state index < -0.39 is 0 Å². The molecule has 0 aliphatic carbocycles. The van der Waals surface area contributed by atoms with Gasteiger partial charge in [0, 0.05) is 4.47 Å². The summed E-state index contributed by atoms with van der Waals surface area (Å²) in [5.74, 6) is 0. The van der Waals surface area contributed by atoms with Crippen molar-refractivity contribution in [3.63, 3.8) is 0 Å². The minimum Gasteiger partial charge on any atom is -0.388 e. The van der Waals surface area contributed by atoms with Crippen molar-refractivity contribution in [1.82, 2.24) is 0 Å². The molecule has 1 rings (SSSR count). The number of rotatable bonds is 5. The lowest BCUT2D eigenvalue weighted by Crippen LogP contribution is -1.99. The molecule has 90 valence electrons. The summed E-state index contributed by atoms with van der Waals surface area (Å²) in [5.41, 5.74) is 3.45. The van der Waals surface area contributed by atoms with Gasteiger partial charge in [-0.3, -0.25) is 0 Å². The number of aliphatic hydroxyl groups is 1. The van der Waals surface area contributed by atoms with Gasteiger partial charge in [0.25, 0.3) is 0 Å². The van der Waals surface area contributed by atoms with Crippen LogP contribution in [0.25, 0.3) is 0 Å². The van der Waals surface area contributed by atoms with Crippen molar-refractivity contribution >= 4 is 15.9 Å². The van der Waals surface area contributed by atoms with E-state index in [4.69, 9.17) is 0 Å². The van der Waals surface area contributed by atoms with Gasteiger partial charge in [-0.2, -0.15) is 0 Å². The summed E-state index contributed by atoms with van der Waals surface area (Å²) in [6.45, 7) is 6.32. The molecule has 16 heavy (non-hydrogen) atoms. The number of hydrogen-bond acceptors (Lipinski definition) is 1. The third kappa shape index (κ3) is 3.60. The molecule has 0 heterocycles. The van der Waals surface area contributed by atoms with Gasteiger partial charge >= 0.3 is 0 Å². The van der Waals surface area contributed by atoms with Crippen molar-refractivity contribution in [2.45, 2.75) is 52.6 Å². The molecular weight excluding hydrogens is 264 g/mol. The molecule has 0 aliphatic rings. The molecule has 1 aromatic carbocycles. The van der Waals surface area contributed by atoms with Gasteiger partial charge < -0.3 is 5.11 Å². The number of aliphatic hydroxyl groups excluding tert-OH is 1. The van der Waals surface area contributed by atoms with Crippen molar-refractivity contribution in [3.8, 4) is 0 Å². The Labute approximate surface area is 107 Å². The fourth-order valence-corrected chi connectivity index (χ4v) is 2.16. The number of hydrogen-bond donors (Lipinski definition) is 1. The number of aryl methyl sites for hydroxylation is 2. The van der Waals surface area contributed by atoms with Crippen LogP contribution in [0, 0.1) is 13.8 Å². The first-order valence-corrected chi connectivity index (χ1v) is 6.80. The summed E-state index contributed by atoms with van der Waals surface area (Å²) < 4.78 is 1.15. The number of halogens is 1. The van der Waals surface area contributed by atoms with E-state index in [0.717, 1.165) is 22.9 Å². The Kier molecular flexibility index (Phi) is 5.50. The van der Waals surface area contributed by atoms with Crippen LogP contribution in [0.1, 0.15) is 55.4 Å². The Morgan fingerprint density at radius 2 is 1.75 bits per heavy atom. The Morgan fingerprint density at radius 3 is 2.25 bits per heavy atom. The summed E-state index contributed by atoms with van der Waals surface area (Å²) in [6.07, 6.45) is 4.06. The maximum Gasteiger partial charge on any atom is 0.0790 e. The number of unbranched alkanes of at least 4 members (excludes halogenated alkanes) is 2. The normalized spacial score (nSPS) is 12.8. The molecule has 2 heteroatoms. The van der Waals surface area contributed by atoms with Gasteiger partial charge in [-0.15, -0.1) is 0 Å². The lowest BCUT2D eigenvalue weighted by atomic mass is 9.99. The van der Waals surface area contributed by atoms with E-state index in [0.29, 0.717) is 0 Å². The van der Waals surface area contributed by atoms with Gasteiger partial charge in [0.1, 0.15) is 0 Å². The molecule has 0 saturated carbocycles. The molecule has 1 aromatic rings. The summed E-state index contributed by atoms with van der Waals surface area (Å²) in [6, 6.07) is 4.15. The predicted octanol–water partition coefficient (Wildman–Crippen LogP) is 4.68. The highest BCUT2D eigenvalue weighted by Crippen LogP contribution is 2.27. The van der Waals surface area contributed by atoms with Crippen LogP contribution in [0.4, 0.5) is 0 Å². The van der Waals surface area contributed by atoms with E-state index in [-0.39, 0.29) is 6.10 Å². The molecule has 0 aliphatic heterocycles. The van der Waals surface area contributed by atoms with Crippen LogP contribution in [0.2, 0.25) is 0 Å². The molecule has 1 N–H and O–H groups in total. The van der Waals surface area contributed by atoms with Crippen LogP contribution in [0.15, 0.2) is 16.6 Å². The first kappa shape index (κ1) is 13.7. The molecule has 1 nitrogen and oxygen atoms in total. The van der Waals surface area contributed by atoms with Crippen molar-refractivity contribution in [1.29, 1.82) is 0 Å². The van der Waals surface area contributed by atoms with E-state index in [1.165, 1.54) is 24.0 Å². The zero-order valence-corrected chi connectivity index (χ0v) is 12.0. The Morgan fingerprint density at radius 1 is 1.19 bits per heavy atom. The topological polar surface area (TPSA) is 20.2 Å². The Bertz CT molecular complexity index is 324. The summed E-state index contributed by atoms with van der Waals surface area (Å²) in [7, 11) is 0. The van der Waals surface area contributed by atoms with E-state index >= 15 is 0 Å². The second kappa shape index (κ2) is 6.41. The Balaban J connectivity index is 2.72. The fourth-order valence-electron chi connectivity index (χ4n) is 1.93. The average Bonchev–Trinajstić information content (AvgIpc) is 2.25. The highest BCUT2D eigenvalue weighted by atomic mass is 79.9. The molecule has 1 unspecified atom stereocenters. The zero-order valence-electron chi connectivity index (χ0n) is 10.4. The van der Waals surface area contributed by atoms with Crippen molar-refractivity contribution in [3.05, 3.63) is 33.3 Å². The van der Waals surface area contributed by atoms with Crippen molar-refractivity contribution < 1.29 is 5.11 Å². The second-order valence-electron chi connectivity index (χ2n) is 4.48. The van der Waals surface area contributed by atoms with Crippen molar-refractivity contribution in [2.24, 2.45) is 0 Å². The molecular formula is C14H21BrO. The van der Waals surface area contributed by atoms with E-state index in [2.05, 4.69) is 48.8 Å². The van der Waals surface area contributed by atoms with Crippen LogP contribution in [-0.4, -0.2) is 5.11 Å². The molecule has 0 radical (unpaired) electrons. The molecule has 0 bridgehead atoms. The second-order valence-corrected chi connectivity index (χ2v) is 5.27. The first-order chi connectivity index (χ1) is 7.56. The molecule has 0 spiro atoms. The van der Waals surface area contributed by atoms with Gasteiger partial charge in [-0.1, -0.05) is 54.2 Å². The van der Waals surface area contributed by atoms with Crippen LogP contribution < -0.4 is 0 Å². The van der Waals surface area contributed by atoms with Gasteiger partial charge in [0.05, 0.1) is 6.10 Å². The van der Waals surface area contributed by atoms with Crippen LogP contribution in [-0.2, 0) is 0 Å². The smallest absolute Gasteiger partial charge is 0.0790 e. The standard InChI is InChI=1S/C14H21BrO/c1-4-5-6-7-13(16)12-8-10(2)14(15)11(3)9-12/h8-9,13,16H,4-7H2,1-3H3. The van der Waals surface area contributed by atoms with Gasteiger partial charge in [-0.25, -0.2) is 0 Å². The van der Waals surface area contributed by atoms with Crippen LogP contribution in [0.3, 0.4) is 0 Å². The summed E-state index contributed by atoms with van der Waals surface area (Å²) in [5, 5.41) is 10.1. The molecule has 0 aromatic heterocycles. The molecule has 0 saturated heterocycles. The zero-order chi connectivity index (χ0) is 12.1. The van der Waals surface area contributed by atoms with Crippen LogP contribution >= 0.6 is 15.9 Å². The fraction of sp³-hybridized carbons (Fsp3) is 0.571. The minimum absolute atomic E-state index is 0.308. The van der Waals surface area contributed by atoms with Gasteiger partial charge in [0.15, 0.2) is 0 Å². The van der Waals surface area contributed by atoms with E-state index in [9.17, 15) is 5.11 Å². The largest absolute Gasteiger partial charge is 0.388 e. The average molecular weight is 285 g/mol. The molecule has 0 amide bonds. The lowest BCUT2D eigenvalue weighted by Gasteiger charge is -2.14. The summed E-state index contributed by atoms with van der Waals surface area (Å²) >= 11 is 3.54. The minimum atomic E-state index is -0.308. The predicted molar refractivity (Wildman–Crippen MR) is 72.7 cm³/mol. The Hall–Kier alpha value is -0.340. The highest BCUT2D eigenvalue weighted by Gasteiger charge is 2.10. The number of benzene rings is 1.